The number of fused-ring (bicyclic) bond motifs is 2. The summed E-state index contributed by atoms with van der Waals surface area (Å²) in [7, 11) is 5.21. The number of aromatic nitrogens is 4. The maximum Gasteiger partial charge on any atom is 0.236 e. The van der Waals surface area contributed by atoms with Crippen LogP contribution >= 0.6 is 0 Å². The number of carbonyl (C=O) groups excluding carboxylic acids is 1. The van der Waals surface area contributed by atoms with Crippen molar-refractivity contribution in [2.75, 3.05) is 54.1 Å². The number of aromatic amines is 1. The number of likely N-dealkylation sites (N-methyl/N-ethyl adjacent to an activating group) is 1. The second-order valence-corrected chi connectivity index (χ2v) is 10.9. The van der Waals surface area contributed by atoms with Crippen molar-refractivity contribution in [3.05, 3.63) is 53.5 Å². The van der Waals surface area contributed by atoms with Crippen LogP contribution < -0.4 is 0 Å². The molecule has 39 heavy (non-hydrogen) atoms. The minimum Gasteiger partial charge on any atom is -0.383 e. The number of pyridine rings is 1. The third kappa shape index (κ3) is 5.71. The van der Waals surface area contributed by atoms with Crippen molar-refractivity contribution in [3.63, 3.8) is 0 Å². The molecule has 9 heteroatoms. The zero-order valence-corrected chi connectivity index (χ0v) is 23.7. The van der Waals surface area contributed by atoms with E-state index in [9.17, 15) is 4.79 Å². The number of rotatable bonds is 10. The number of nitrogens with one attached hydrogen (secondary N) is 1. The van der Waals surface area contributed by atoms with Gasteiger partial charge in [0, 0.05) is 56.0 Å². The Bertz CT molecular complexity index is 1430. The molecule has 4 aromatic rings. The number of hydrogen-bond acceptors (Lipinski definition) is 6. The van der Waals surface area contributed by atoms with E-state index in [1.165, 1.54) is 16.5 Å². The van der Waals surface area contributed by atoms with E-state index in [4.69, 9.17) is 9.47 Å². The van der Waals surface area contributed by atoms with Crippen LogP contribution in [0.15, 0.2) is 36.8 Å². The normalized spacial score (nSPS) is 15.1. The molecule has 4 heterocycles. The summed E-state index contributed by atoms with van der Waals surface area (Å²) >= 11 is 0. The molecule has 1 saturated heterocycles. The van der Waals surface area contributed by atoms with Gasteiger partial charge in [0.2, 0.25) is 5.91 Å². The Morgan fingerprint density at radius 1 is 1.18 bits per heavy atom. The average molecular weight is 533 g/mol. The SMILES string of the molecule is COCCN(C)C(=O)CN1CCC(c2ccc3[nH]c(-c4cc(COC)c5ncnn5c4)c(C(C)C)c3c2)CC1. The van der Waals surface area contributed by atoms with Gasteiger partial charge in [-0.15, -0.1) is 0 Å². The topological polar surface area (TPSA) is 88.0 Å². The summed E-state index contributed by atoms with van der Waals surface area (Å²) < 4.78 is 12.4. The minimum absolute atomic E-state index is 0.158. The van der Waals surface area contributed by atoms with Crippen molar-refractivity contribution in [1.82, 2.24) is 29.4 Å². The smallest absolute Gasteiger partial charge is 0.236 e. The Morgan fingerprint density at radius 2 is 1.97 bits per heavy atom. The van der Waals surface area contributed by atoms with Crippen molar-refractivity contribution in [1.29, 1.82) is 0 Å². The van der Waals surface area contributed by atoms with Crippen LogP contribution in [0.4, 0.5) is 0 Å². The van der Waals surface area contributed by atoms with E-state index in [1.807, 2.05) is 17.8 Å². The summed E-state index contributed by atoms with van der Waals surface area (Å²) in [6.07, 6.45) is 5.74. The maximum absolute atomic E-state index is 12.6. The highest BCUT2D eigenvalue weighted by atomic mass is 16.5. The van der Waals surface area contributed by atoms with Crippen LogP contribution in [0.3, 0.4) is 0 Å². The largest absolute Gasteiger partial charge is 0.383 e. The fraction of sp³-hybridized carbons (Fsp3) is 0.500. The number of hydrogen-bond donors (Lipinski definition) is 1. The van der Waals surface area contributed by atoms with E-state index in [0.717, 1.165) is 53.9 Å². The summed E-state index contributed by atoms with van der Waals surface area (Å²) in [4.78, 5) is 24.7. The zero-order valence-electron chi connectivity index (χ0n) is 23.7. The van der Waals surface area contributed by atoms with Crippen LogP contribution in [0, 0.1) is 0 Å². The lowest BCUT2D eigenvalue weighted by Gasteiger charge is -2.32. The first kappa shape index (κ1) is 27.3. The standard InChI is InChI=1S/C30H40N6O3/c1-20(2)28-25-15-22(21-8-10-35(11-9-21)17-27(37)34(3)12-13-38-4)6-7-26(25)33-29(28)23-14-24(18-39-5)30-31-19-32-36(30)16-23/h6-7,14-16,19-21,33H,8-13,17-18H2,1-5H3. The molecule has 3 aromatic heterocycles. The molecule has 0 aliphatic carbocycles. The average Bonchev–Trinajstić information content (AvgIpc) is 3.57. The summed E-state index contributed by atoms with van der Waals surface area (Å²) in [5, 5.41) is 5.68. The molecule has 1 aliphatic rings. The molecule has 9 nitrogen and oxygen atoms in total. The van der Waals surface area contributed by atoms with Crippen LogP contribution in [0.25, 0.3) is 27.8 Å². The molecule has 1 aromatic carbocycles. The predicted molar refractivity (Wildman–Crippen MR) is 153 cm³/mol. The summed E-state index contributed by atoms with van der Waals surface area (Å²) in [6, 6.07) is 9.05. The quantitative estimate of drug-likeness (QED) is 0.325. The van der Waals surface area contributed by atoms with Crippen LogP contribution in [-0.4, -0.2) is 89.3 Å². The van der Waals surface area contributed by atoms with Crippen molar-refractivity contribution >= 4 is 22.5 Å². The molecule has 0 radical (unpaired) electrons. The third-order valence-electron chi connectivity index (χ3n) is 7.95. The van der Waals surface area contributed by atoms with E-state index >= 15 is 0 Å². The van der Waals surface area contributed by atoms with Gasteiger partial charge < -0.3 is 19.4 Å². The third-order valence-corrected chi connectivity index (χ3v) is 7.95. The van der Waals surface area contributed by atoms with E-state index in [-0.39, 0.29) is 5.91 Å². The minimum atomic E-state index is 0.158. The van der Waals surface area contributed by atoms with E-state index in [1.54, 1.807) is 25.4 Å². The van der Waals surface area contributed by atoms with Crippen LogP contribution in [-0.2, 0) is 20.9 Å². The monoisotopic (exact) mass is 532 g/mol. The molecule has 208 valence electrons. The number of ether oxygens (including phenoxy) is 2. The molecule has 1 amide bonds. The van der Waals surface area contributed by atoms with Gasteiger partial charge in [-0.1, -0.05) is 19.9 Å². The second-order valence-electron chi connectivity index (χ2n) is 10.9. The summed E-state index contributed by atoms with van der Waals surface area (Å²) in [5.74, 6) is 0.987. The van der Waals surface area contributed by atoms with Crippen molar-refractivity contribution in [3.8, 4) is 11.3 Å². The highest BCUT2D eigenvalue weighted by molar-refractivity contribution is 5.92. The highest BCUT2D eigenvalue weighted by Crippen LogP contribution is 2.38. The molecule has 0 bridgehead atoms. The molecule has 0 saturated carbocycles. The molecule has 0 spiro atoms. The molecular formula is C30H40N6O3. The van der Waals surface area contributed by atoms with E-state index in [2.05, 4.69) is 58.1 Å². The van der Waals surface area contributed by atoms with Crippen molar-refractivity contribution in [2.24, 2.45) is 0 Å². The lowest BCUT2D eigenvalue weighted by Crippen LogP contribution is -2.42. The number of amides is 1. The molecule has 0 atom stereocenters. The molecule has 1 fully saturated rings. The van der Waals surface area contributed by atoms with Gasteiger partial charge in [0.15, 0.2) is 5.65 Å². The highest BCUT2D eigenvalue weighted by Gasteiger charge is 2.25. The number of methoxy groups -OCH3 is 2. The fourth-order valence-electron chi connectivity index (χ4n) is 5.80. The van der Waals surface area contributed by atoms with Crippen molar-refractivity contribution in [2.45, 2.75) is 45.1 Å². The van der Waals surface area contributed by atoms with Crippen LogP contribution in [0.5, 0.6) is 0 Å². The molecule has 1 N–H and O–H groups in total. The van der Waals surface area contributed by atoms with Gasteiger partial charge in [-0.3, -0.25) is 9.69 Å². The van der Waals surface area contributed by atoms with E-state index in [0.29, 0.717) is 38.1 Å². The molecule has 1 aliphatic heterocycles. The second kappa shape index (κ2) is 11.9. The van der Waals surface area contributed by atoms with Gasteiger partial charge in [-0.2, -0.15) is 5.10 Å². The van der Waals surface area contributed by atoms with Gasteiger partial charge in [0.1, 0.15) is 6.33 Å². The number of likely N-dealkylation sites (tertiary alicyclic amines) is 1. The fourth-order valence-corrected chi connectivity index (χ4v) is 5.80. The van der Waals surface area contributed by atoms with Gasteiger partial charge in [-0.05, 0) is 67.1 Å². The van der Waals surface area contributed by atoms with Gasteiger partial charge >= 0.3 is 0 Å². The predicted octanol–water partition coefficient (Wildman–Crippen LogP) is 4.43. The Kier molecular flexibility index (Phi) is 8.30. The molecule has 5 rings (SSSR count). The molecule has 0 unspecified atom stereocenters. The number of piperidine rings is 1. The molecular weight excluding hydrogens is 492 g/mol. The Morgan fingerprint density at radius 3 is 2.69 bits per heavy atom. The Hall–Kier alpha value is -3.27. The maximum atomic E-state index is 12.6. The Labute approximate surface area is 230 Å². The first-order valence-corrected chi connectivity index (χ1v) is 13.8. The van der Waals surface area contributed by atoms with Crippen LogP contribution in [0.1, 0.15) is 55.2 Å². The lowest BCUT2D eigenvalue weighted by molar-refractivity contribution is -0.131. The number of H-pyrrole nitrogens is 1. The van der Waals surface area contributed by atoms with Crippen molar-refractivity contribution < 1.29 is 14.3 Å². The van der Waals surface area contributed by atoms with E-state index < -0.39 is 0 Å². The summed E-state index contributed by atoms with van der Waals surface area (Å²) in [6.45, 7) is 8.52. The van der Waals surface area contributed by atoms with Gasteiger partial charge in [0.25, 0.3) is 0 Å². The number of carbonyl (C=O) groups is 1. The number of benzene rings is 1. The lowest BCUT2D eigenvalue weighted by atomic mass is 9.87. The first-order chi connectivity index (χ1) is 18.9. The first-order valence-electron chi connectivity index (χ1n) is 13.8. The van der Waals surface area contributed by atoms with Crippen LogP contribution in [0.2, 0.25) is 0 Å². The Balaban J connectivity index is 1.38. The zero-order chi connectivity index (χ0) is 27.5. The summed E-state index contributed by atoms with van der Waals surface area (Å²) in [5.41, 5.74) is 7.87. The van der Waals surface area contributed by atoms with Gasteiger partial charge in [0.05, 0.1) is 25.5 Å². The number of nitrogens with zero attached hydrogens (tertiary/aromatic N) is 5. The van der Waals surface area contributed by atoms with Gasteiger partial charge in [-0.25, -0.2) is 9.50 Å².